The molecule has 126 valence electrons. The zero-order valence-electron chi connectivity index (χ0n) is 13.9. The first-order chi connectivity index (χ1) is 11.7. The predicted molar refractivity (Wildman–Crippen MR) is 89.2 cm³/mol. The average molecular weight is 326 g/mol. The summed E-state index contributed by atoms with van der Waals surface area (Å²) in [6.07, 6.45) is 10.0. The Balaban J connectivity index is 1.45. The summed E-state index contributed by atoms with van der Waals surface area (Å²) in [7, 11) is 0. The Kier molecular flexibility index (Phi) is 3.98. The van der Waals surface area contributed by atoms with E-state index in [1.54, 1.807) is 12.5 Å². The summed E-state index contributed by atoms with van der Waals surface area (Å²) in [5.41, 5.74) is 2.05. The Morgan fingerprint density at radius 2 is 2.17 bits per heavy atom. The maximum Gasteiger partial charge on any atom is 0.229 e. The molecule has 4 heterocycles. The molecule has 2 aliphatic rings. The molecule has 0 spiro atoms. The number of aromatic nitrogens is 2. The molecule has 0 bridgehead atoms. The van der Waals surface area contributed by atoms with Gasteiger partial charge in [-0.05, 0) is 13.0 Å². The molecule has 2 aromatic rings. The molecule has 6 heteroatoms. The van der Waals surface area contributed by atoms with Crippen molar-refractivity contribution < 1.29 is 9.21 Å². The first kappa shape index (κ1) is 15.2. The molecule has 6 nitrogen and oxygen atoms in total. The number of rotatable bonds is 4. The molecule has 0 saturated heterocycles. The maximum atomic E-state index is 12.3. The van der Waals surface area contributed by atoms with Crippen molar-refractivity contribution in [2.75, 3.05) is 19.6 Å². The minimum absolute atomic E-state index is 0.151. The molecule has 0 aliphatic carbocycles. The summed E-state index contributed by atoms with van der Waals surface area (Å²) in [6.45, 7) is 6.36. The summed E-state index contributed by atoms with van der Waals surface area (Å²) in [6, 6.07) is 2.23. The van der Waals surface area contributed by atoms with E-state index in [4.69, 9.17) is 9.40 Å². The standard InChI is InChI=1S/C18H22N4O2/c1-14-18-19-16(10-17(23)20-5-2-3-6-20)12-22(18)8-7-21(14)11-15-4-9-24-13-15/h2-4,9,12-14H,5-8,10-11H2,1H3. The minimum Gasteiger partial charge on any atom is -0.472 e. The van der Waals surface area contributed by atoms with Gasteiger partial charge in [0.1, 0.15) is 5.82 Å². The van der Waals surface area contributed by atoms with Gasteiger partial charge >= 0.3 is 0 Å². The van der Waals surface area contributed by atoms with E-state index >= 15 is 0 Å². The van der Waals surface area contributed by atoms with Crippen LogP contribution in [0.15, 0.2) is 41.4 Å². The van der Waals surface area contributed by atoms with Crippen LogP contribution in [0.5, 0.6) is 0 Å². The van der Waals surface area contributed by atoms with Crippen LogP contribution in [-0.4, -0.2) is 44.9 Å². The topological polar surface area (TPSA) is 54.5 Å². The molecule has 1 unspecified atom stereocenters. The number of hydrogen-bond acceptors (Lipinski definition) is 4. The van der Waals surface area contributed by atoms with Crippen molar-refractivity contribution in [3.05, 3.63) is 54.0 Å². The monoisotopic (exact) mass is 326 g/mol. The van der Waals surface area contributed by atoms with E-state index < -0.39 is 0 Å². The predicted octanol–water partition coefficient (Wildman–Crippen LogP) is 1.99. The van der Waals surface area contributed by atoms with Crippen LogP contribution in [0.25, 0.3) is 0 Å². The maximum absolute atomic E-state index is 12.3. The highest BCUT2D eigenvalue weighted by molar-refractivity contribution is 5.79. The van der Waals surface area contributed by atoms with Gasteiger partial charge in [-0.2, -0.15) is 0 Å². The number of carbonyl (C=O) groups is 1. The van der Waals surface area contributed by atoms with Gasteiger partial charge in [0.05, 0.1) is 30.7 Å². The average Bonchev–Trinajstić information content (AvgIpc) is 3.30. The van der Waals surface area contributed by atoms with E-state index in [0.717, 1.165) is 44.2 Å². The van der Waals surface area contributed by atoms with Crippen molar-refractivity contribution >= 4 is 5.91 Å². The second-order valence-corrected chi connectivity index (χ2v) is 6.51. The van der Waals surface area contributed by atoms with Gasteiger partial charge in [0.25, 0.3) is 0 Å². The van der Waals surface area contributed by atoms with Crippen molar-refractivity contribution in [2.45, 2.75) is 32.5 Å². The molecule has 2 aliphatic heterocycles. The van der Waals surface area contributed by atoms with Crippen molar-refractivity contribution in [3.63, 3.8) is 0 Å². The number of hydrogen-bond donors (Lipinski definition) is 0. The van der Waals surface area contributed by atoms with Gasteiger partial charge in [0.2, 0.25) is 5.91 Å². The number of amides is 1. The van der Waals surface area contributed by atoms with Crippen LogP contribution in [0.4, 0.5) is 0 Å². The van der Waals surface area contributed by atoms with Crippen LogP contribution in [0.2, 0.25) is 0 Å². The van der Waals surface area contributed by atoms with Gasteiger partial charge < -0.3 is 13.9 Å². The lowest BCUT2D eigenvalue weighted by Gasteiger charge is -2.33. The third-order valence-corrected chi connectivity index (χ3v) is 4.88. The molecule has 0 saturated carbocycles. The lowest BCUT2D eigenvalue weighted by Crippen LogP contribution is -2.36. The smallest absolute Gasteiger partial charge is 0.229 e. The van der Waals surface area contributed by atoms with Gasteiger partial charge in [-0.1, -0.05) is 12.2 Å². The lowest BCUT2D eigenvalue weighted by molar-refractivity contribution is -0.129. The summed E-state index contributed by atoms with van der Waals surface area (Å²) in [5, 5.41) is 0. The summed E-state index contributed by atoms with van der Waals surface area (Å²) >= 11 is 0. The number of fused-ring (bicyclic) bond motifs is 1. The summed E-state index contributed by atoms with van der Waals surface area (Å²) in [4.78, 5) is 21.3. The van der Waals surface area contributed by atoms with E-state index in [9.17, 15) is 4.79 Å². The van der Waals surface area contributed by atoms with E-state index in [-0.39, 0.29) is 11.9 Å². The Morgan fingerprint density at radius 3 is 2.92 bits per heavy atom. The Bertz CT molecular complexity index is 739. The zero-order valence-corrected chi connectivity index (χ0v) is 13.9. The molecule has 0 fully saturated rings. The quantitative estimate of drug-likeness (QED) is 0.807. The number of carbonyl (C=O) groups excluding carboxylic acids is 1. The number of imidazole rings is 1. The second-order valence-electron chi connectivity index (χ2n) is 6.51. The number of furan rings is 1. The van der Waals surface area contributed by atoms with Crippen LogP contribution in [-0.2, 0) is 24.3 Å². The highest BCUT2D eigenvalue weighted by atomic mass is 16.3. The van der Waals surface area contributed by atoms with Gasteiger partial charge in [0, 0.05) is 44.5 Å². The largest absolute Gasteiger partial charge is 0.472 e. The Labute approximate surface area is 141 Å². The van der Waals surface area contributed by atoms with Crippen LogP contribution in [0.3, 0.4) is 0 Å². The molecule has 0 radical (unpaired) electrons. The van der Waals surface area contributed by atoms with Crippen LogP contribution >= 0.6 is 0 Å². The SMILES string of the molecule is CC1c2nc(CC(=O)N3CC=CC3)cn2CCN1Cc1ccoc1. The zero-order chi connectivity index (χ0) is 16.5. The van der Waals surface area contributed by atoms with Gasteiger partial charge in [0.15, 0.2) is 0 Å². The van der Waals surface area contributed by atoms with Gasteiger partial charge in [-0.15, -0.1) is 0 Å². The molecular weight excluding hydrogens is 304 g/mol. The lowest BCUT2D eigenvalue weighted by atomic mass is 10.2. The summed E-state index contributed by atoms with van der Waals surface area (Å²) < 4.78 is 7.36. The highest BCUT2D eigenvalue weighted by Gasteiger charge is 2.27. The van der Waals surface area contributed by atoms with Crippen molar-refractivity contribution in [1.29, 1.82) is 0 Å². The molecule has 2 aromatic heterocycles. The molecule has 24 heavy (non-hydrogen) atoms. The van der Waals surface area contributed by atoms with Crippen molar-refractivity contribution in [3.8, 4) is 0 Å². The fourth-order valence-corrected chi connectivity index (χ4v) is 3.46. The fourth-order valence-electron chi connectivity index (χ4n) is 3.46. The Hall–Kier alpha value is -2.34. The van der Waals surface area contributed by atoms with Gasteiger partial charge in [-0.25, -0.2) is 4.98 Å². The van der Waals surface area contributed by atoms with Crippen LogP contribution in [0.1, 0.15) is 30.0 Å². The minimum atomic E-state index is 0.151. The van der Waals surface area contributed by atoms with Crippen molar-refractivity contribution in [2.24, 2.45) is 0 Å². The molecular formula is C18H22N4O2. The molecule has 1 amide bonds. The van der Waals surface area contributed by atoms with E-state index in [2.05, 4.69) is 16.4 Å². The number of nitrogens with zero attached hydrogens (tertiary/aromatic N) is 4. The van der Waals surface area contributed by atoms with E-state index in [1.165, 1.54) is 5.56 Å². The molecule has 0 N–H and O–H groups in total. The third kappa shape index (κ3) is 2.89. The second kappa shape index (κ2) is 6.28. The van der Waals surface area contributed by atoms with E-state index in [0.29, 0.717) is 6.42 Å². The Morgan fingerprint density at radius 1 is 1.33 bits per heavy atom. The van der Waals surface area contributed by atoms with Crippen LogP contribution in [0, 0.1) is 0 Å². The highest BCUT2D eigenvalue weighted by Crippen LogP contribution is 2.26. The first-order valence-electron chi connectivity index (χ1n) is 8.44. The first-order valence-corrected chi connectivity index (χ1v) is 8.44. The summed E-state index contributed by atoms with van der Waals surface area (Å²) in [5.74, 6) is 1.20. The van der Waals surface area contributed by atoms with Crippen molar-refractivity contribution in [1.82, 2.24) is 19.4 Å². The normalized spacial score (nSPS) is 20.5. The molecule has 4 rings (SSSR count). The van der Waals surface area contributed by atoms with Gasteiger partial charge in [-0.3, -0.25) is 9.69 Å². The van der Waals surface area contributed by atoms with E-state index in [1.807, 2.05) is 29.3 Å². The molecule has 0 aromatic carbocycles. The third-order valence-electron chi connectivity index (χ3n) is 4.88. The molecule has 1 atom stereocenters. The van der Waals surface area contributed by atoms with Crippen LogP contribution < -0.4 is 0 Å². The fraction of sp³-hybridized carbons (Fsp3) is 0.444.